The highest BCUT2D eigenvalue weighted by atomic mass is 19.1. The third-order valence-corrected chi connectivity index (χ3v) is 2.34. The van der Waals surface area contributed by atoms with Crippen molar-refractivity contribution in [3.05, 3.63) is 47.8 Å². The van der Waals surface area contributed by atoms with E-state index in [1.165, 1.54) is 0 Å². The van der Waals surface area contributed by atoms with Gasteiger partial charge in [0.25, 0.3) is 0 Å². The molecule has 0 aliphatic rings. The van der Waals surface area contributed by atoms with E-state index in [9.17, 15) is 8.78 Å². The molecule has 0 radical (unpaired) electrons. The molecule has 0 amide bonds. The number of aryl methyl sites for hydroxylation is 1. The Morgan fingerprint density at radius 3 is 2.88 bits per heavy atom. The number of nitrogens with zero attached hydrogens (tertiary/aromatic N) is 2. The molecule has 2 aromatic rings. The van der Waals surface area contributed by atoms with Crippen LogP contribution < -0.4 is 4.74 Å². The molecule has 0 unspecified atom stereocenters. The van der Waals surface area contributed by atoms with Crippen molar-refractivity contribution in [2.24, 2.45) is 0 Å². The van der Waals surface area contributed by atoms with Crippen molar-refractivity contribution in [3.63, 3.8) is 0 Å². The van der Waals surface area contributed by atoms with Crippen LogP contribution in [0.4, 0.5) is 8.78 Å². The molecule has 0 saturated heterocycles. The summed E-state index contributed by atoms with van der Waals surface area (Å²) in [5.74, 6) is -0.418. The van der Waals surface area contributed by atoms with Crippen LogP contribution in [0.5, 0.6) is 5.75 Å². The van der Waals surface area contributed by atoms with E-state index in [2.05, 4.69) is 5.10 Å². The van der Waals surface area contributed by atoms with Gasteiger partial charge >= 0.3 is 0 Å². The van der Waals surface area contributed by atoms with Crippen LogP contribution in [0.15, 0.2) is 30.6 Å². The average molecular weight is 238 g/mol. The van der Waals surface area contributed by atoms with Crippen LogP contribution in [0.3, 0.4) is 0 Å². The van der Waals surface area contributed by atoms with Gasteiger partial charge in [0.1, 0.15) is 18.2 Å². The fraction of sp³-hybridized carbons (Fsp3) is 0.250. The molecule has 0 atom stereocenters. The molecular weight excluding hydrogens is 226 g/mol. The molecule has 0 fully saturated rings. The molecule has 0 aliphatic carbocycles. The number of rotatable bonds is 4. The summed E-state index contributed by atoms with van der Waals surface area (Å²) < 4.78 is 33.2. The zero-order valence-corrected chi connectivity index (χ0v) is 9.36. The first-order valence-electron chi connectivity index (χ1n) is 5.28. The molecule has 0 N–H and O–H groups in total. The van der Waals surface area contributed by atoms with Crippen molar-refractivity contribution in [2.45, 2.75) is 20.1 Å². The number of hydrogen-bond acceptors (Lipinski definition) is 2. The topological polar surface area (TPSA) is 27.1 Å². The Bertz CT molecular complexity index is 511. The highest BCUT2D eigenvalue weighted by Gasteiger charge is 2.05. The zero-order valence-electron chi connectivity index (χ0n) is 9.36. The Labute approximate surface area is 97.6 Å². The monoisotopic (exact) mass is 238 g/mol. The molecule has 3 nitrogen and oxygen atoms in total. The summed E-state index contributed by atoms with van der Waals surface area (Å²) in [6.07, 6.45) is 3.25. The van der Waals surface area contributed by atoms with Gasteiger partial charge in [0.15, 0.2) is 5.75 Å². The van der Waals surface area contributed by atoms with Gasteiger partial charge in [0.2, 0.25) is 0 Å². The molecule has 17 heavy (non-hydrogen) atoms. The summed E-state index contributed by atoms with van der Waals surface area (Å²) in [4.78, 5) is 0. The molecule has 1 aromatic heterocycles. The van der Waals surface area contributed by atoms with E-state index < -0.39 is 11.6 Å². The van der Waals surface area contributed by atoms with E-state index >= 15 is 0 Å². The first-order chi connectivity index (χ1) is 8.19. The summed E-state index contributed by atoms with van der Waals surface area (Å²) in [6.45, 7) is 2.67. The van der Waals surface area contributed by atoms with Crippen molar-refractivity contribution in [1.82, 2.24) is 9.78 Å². The van der Waals surface area contributed by atoms with Crippen molar-refractivity contribution < 1.29 is 13.5 Å². The Kier molecular flexibility index (Phi) is 3.37. The van der Waals surface area contributed by atoms with Crippen molar-refractivity contribution in [3.8, 4) is 5.75 Å². The second kappa shape index (κ2) is 4.95. The minimum absolute atomic E-state index is 0.0149. The van der Waals surface area contributed by atoms with Gasteiger partial charge in [-0.2, -0.15) is 5.10 Å². The second-order valence-electron chi connectivity index (χ2n) is 3.56. The Balaban J connectivity index is 2.04. The summed E-state index contributed by atoms with van der Waals surface area (Å²) in [5, 5.41) is 4.01. The quantitative estimate of drug-likeness (QED) is 0.819. The molecule has 1 heterocycles. The lowest BCUT2D eigenvalue weighted by molar-refractivity contribution is 0.298. The molecule has 1 aromatic carbocycles. The normalized spacial score (nSPS) is 10.5. The van der Waals surface area contributed by atoms with Gasteiger partial charge in [0, 0.05) is 12.1 Å². The van der Waals surface area contributed by atoms with Crippen molar-refractivity contribution >= 4 is 0 Å². The van der Waals surface area contributed by atoms with Gasteiger partial charge < -0.3 is 4.74 Å². The van der Waals surface area contributed by atoms with E-state index in [4.69, 9.17) is 4.74 Å². The van der Waals surface area contributed by atoms with Gasteiger partial charge in [-0.3, -0.25) is 4.68 Å². The van der Waals surface area contributed by atoms with Crippen LogP contribution in [-0.4, -0.2) is 9.78 Å². The van der Waals surface area contributed by atoms with E-state index in [0.29, 0.717) is 5.75 Å². The molecule has 0 aliphatic heterocycles. The number of benzene rings is 1. The van der Waals surface area contributed by atoms with E-state index in [1.807, 2.05) is 6.92 Å². The van der Waals surface area contributed by atoms with Crippen LogP contribution in [0, 0.1) is 11.6 Å². The third-order valence-electron chi connectivity index (χ3n) is 2.34. The predicted octanol–water partition coefficient (Wildman–Crippen LogP) is 2.76. The number of aromatic nitrogens is 2. The van der Waals surface area contributed by atoms with Crippen LogP contribution in [0.25, 0.3) is 0 Å². The van der Waals surface area contributed by atoms with E-state index in [1.54, 1.807) is 17.1 Å². The Morgan fingerprint density at radius 1 is 1.35 bits per heavy atom. The summed E-state index contributed by atoms with van der Waals surface area (Å²) in [6, 6.07) is 3.29. The van der Waals surface area contributed by atoms with Gasteiger partial charge in [-0.25, -0.2) is 8.78 Å². The van der Waals surface area contributed by atoms with Gasteiger partial charge in [-0.05, 0) is 25.1 Å². The largest absolute Gasteiger partial charge is 0.486 e. The van der Waals surface area contributed by atoms with Gasteiger partial charge in [-0.15, -0.1) is 0 Å². The fourth-order valence-electron chi connectivity index (χ4n) is 1.41. The second-order valence-corrected chi connectivity index (χ2v) is 3.56. The maximum atomic E-state index is 13.3. The van der Waals surface area contributed by atoms with Gasteiger partial charge in [0.05, 0.1) is 12.4 Å². The van der Waals surface area contributed by atoms with Crippen LogP contribution in [0.1, 0.15) is 12.5 Å². The molecule has 2 rings (SSSR count). The first kappa shape index (κ1) is 11.6. The minimum Gasteiger partial charge on any atom is -0.486 e. The zero-order chi connectivity index (χ0) is 12.3. The Morgan fingerprint density at radius 2 is 2.18 bits per heavy atom. The fourth-order valence-corrected chi connectivity index (χ4v) is 1.41. The third kappa shape index (κ3) is 2.81. The maximum Gasteiger partial charge on any atom is 0.157 e. The highest BCUT2D eigenvalue weighted by Crippen LogP contribution is 2.14. The SMILES string of the molecule is CCn1cc(OCc2cc(F)ccc2F)cn1. The lowest BCUT2D eigenvalue weighted by Gasteiger charge is -2.04. The summed E-state index contributed by atoms with van der Waals surface area (Å²) >= 11 is 0. The maximum absolute atomic E-state index is 13.3. The first-order valence-corrected chi connectivity index (χ1v) is 5.28. The van der Waals surface area contributed by atoms with Crippen LogP contribution in [-0.2, 0) is 13.2 Å². The lowest BCUT2D eigenvalue weighted by atomic mass is 10.2. The summed E-state index contributed by atoms with van der Waals surface area (Å²) in [5.41, 5.74) is 0.189. The summed E-state index contributed by atoms with van der Waals surface area (Å²) in [7, 11) is 0. The van der Waals surface area contributed by atoms with E-state index in [0.717, 1.165) is 24.7 Å². The van der Waals surface area contributed by atoms with Crippen molar-refractivity contribution in [2.75, 3.05) is 0 Å². The smallest absolute Gasteiger partial charge is 0.157 e. The molecule has 0 saturated carbocycles. The molecule has 0 spiro atoms. The van der Waals surface area contributed by atoms with Crippen LogP contribution in [0.2, 0.25) is 0 Å². The molecule has 5 heteroatoms. The number of halogens is 2. The number of hydrogen-bond donors (Lipinski definition) is 0. The number of ether oxygens (including phenoxy) is 1. The minimum atomic E-state index is -0.478. The van der Waals surface area contributed by atoms with E-state index in [-0.39, 0.29) is 12.2 Å². The van der Waals surface area contributed by atoms with Crippen LogP contribution >= 0.6 is 0 Å². The lowest BCUT2D eigenvalue weighted by Crippen LogP contribution is -1.99. The molecule has 90 valence electrons. The highest BCUT2D eigenvalue weighted by molar-refractivity contribution is 5.19. The Hall–Kier alpha value is -1.91. The predicted molar refractivity (Wildman–Crippen MR) is 58.6 cm³/mol. The molecule has 0 bridgehead atoms. The average Bonchev–Trinajstić information content (AvgIpc) is 2.78. The van der Waals surface area contributed by atoms with Crippen molar-refractivity contribution in [1.29, 1.82) is 0 Å². The molecular formula is C12H12F2N2O. The van der Waals surface area contributed by atoms with Gasteiger partial charge in [-0.1, -0.05) is 0 Å². The standard InChI is InChI=1S/C12H12F2N2O/c1-2-16-7-11(6-15-16)17-8-9-5-10(13)3-4-12(9)14/h3-7H,2,8H2,1H3.